The molecule has 0 saturated heterocycles. The number of carbonyl (C=O) groups excluding carboxylic acids is 1. The first-order valence-corrected chi connectivity index (χ1v) is 4.32. The molecule has 0 aliphatic carbocycles. The fraction of sp³-hybridized carbons (Fsp3) is 0.700. The number of rotatable bonds is 4. The summed E-state index contributed by atoms with van der Waals surface area (Å²) in [5.41, 5.74) is -0.208. The maximum atomic E-state index is 10.7. The molecular weight excluding hydrogens is 168 g/mol. The van der Waals surface area contributed by atoms with Crippen LogP contribution in [0.25, 0.3) is 0 Å². The third-order valence-corrected chi connectivity index (χ3v) is 1.18. The van der Waals surface area contributed by atoms with E-state index in [1.165, 1.54) is 0 Å². The Labute approximate surface area is 79.7 Å². The van der Waals surface area contributed by atoms with Crippen molar-refractivity contribution < 1.29 is 14.3 Å². The summed E-state index contributed by atoms with van der Waals surface area (Å²) in [7, 11) is 0. The van der Waals surface area contributed by atoms with Crippen molar-refractivity contribution in [1.82, 2.24) is 0 Å². The molecule has 0 aromatic carbocycles. The topological polar surface area (TPSA) is 35.5 Å². The molecule has 0 bridgehead atoms. The van der Waals surface area contributed by atoms with Crippen LogP contribution < -0.4 is 0 Å². The molecular formula is C10H18O3. The van der Waals surface area contributed by atoms with Gasteiger partial charge in [-0.25, -0.2) is 4.79 Å². The first-order valence-electron chi connectivity index (χ1n) is 4.32. The van der Waals surface area contributed by atoms with Gasteiger partial charge in [0.25, 0.3) is 0 Å². The lowest BCUT2D eigenvalue weighted by molar-refractivity contribution is -0.145. The molecule has 3 nitrogen and oxygen atoms in total. The molecule has 0 heterocycles. The summed E-state index contributed by atoms with van der Waals surface area (Å²) in [6.45, 7) is 11.3. The SMILES string of the molecule is C=CC(=O)OCC(C)OC(C)(C)C. The molecule has 0 rings (SSSR count). The van der Waals surface area contributed by atoms with Crippen molar-refractivity contribution in [3.63, 3.8) is 0 Å². The molecule has 0 radical (unpaired) electrons. The molecule has 1 unspecified atom stereocenters. The zero-order chi connectivity index (χ0) is 10.5. The van der Waals surface area contributed by atoms with Crippen LogP contribution in [0, 0.1) is 0 Å². The summed E-state index contributed by atoms with van der Waals surface area (Å²) >= 11 is 0. The van der Waals surface area contributed by atoms with E-state index in [1.807, 2.05) is 27.7 Å². The van der Waals surface area contributed by atoms with Crippen LogP contribution in [0.15, 0.2) is 12.7 Å². The largest absolute Gasteiger partial charge is 0.460 e. The minimum atomic E-state index is -0.413. The van der Waals surface area contributed by atoms with E-state index in [0.717, 1.165) is 6.08 Å². The highest BCUT2D eigenvalue weighted by atomic mass is 16.6. The first-order chi connectivity index (χ1) is 5.85. The van der Waals surface area contributed by atoms with Gasteiger partial charge in [-0.3, -0.25) is 0 Å². The Balaban J connectivity index is 3.69. The molecule has 0 amide bonds. The standard InChI is InChI=1S/C10H18O3/c1-6-9(11)12-7-8(2)13-10(3,4)5/h6,8H,1,7H2,2-5H3. The van der Waals surface area contributed by atoms with E-state index in [0.29, 0.717) is 0 Å². The van der Waals surface area contributed by atoms with Crippen LogP contribution in [-0.2, 0) is 14.3 Å². The summed E-state index contributed by atoms with van der Waals surface area (Å²) in [5, 5.41) is 0. The molecule has 76 valence electrons. The molecule has 13 heavy (non-hydrogen) atoms. The Kier molecular flexibility index (Phi) is 4.70. The predicted octanol–water partition coefficient (Wildman–Crippen LogP) is 1.92. The van der Waals surface area contributed by atoms with Gasteiger partial charge in [0, 0.05) is 6.08 Å². The zero-order valence-corrected chi connectivity index (χ0v) is 8.79. The van der Waals surface area contributed by atoms with Gasteiger partial charge in [0.2, 0.25) is 0 Å². The Morgan fingerprint density at radius 3 is 2.46 bits per heavy atom. The van der Waals surface area contributed by atoms with Gasteiger partial charge in [-0.05, 0) is 27.7 Å². The van der Waals surface area contributed by atoms with Gasteiger partial charge in [0.05, 0.1) is 11.7 Å². The third-order valence-electron chi connectivity index (χ3n) is 1.18. The zero-order valence-electron chi connectivity index (χ0n) is 8.79. The number of hydrogen-bond acceptors (Lipinski definition) is 3. The monoisotopic (exact) mass is 186 g/mol. The van der Waals surface area contributed by atoms with Crippen LogP contribution in [0.4, 0.5) is 0 Å². The molecule has 0 N–H and O–H groups in total. The van der Waals surface area contributed by atoms with Crippen molar-refractivity contribution in [3.8, 4) is 0 Å². The molecule has 3 heteroatoms. The maximum absolute atomic E-state index is 10.7. The van der Waals surface area contributed by atoms with Crippen molar-refractivity contribution in [3.05, 3.63) is 12.7 Å². The molecule has 0 aliphatic heterocycles. The van der Waals surface area contributed by atoms with Gasteiger partial charge < -0.3 is 9.47 Å². The van der Waals surface area contributed by atoms with Crippen molar-refractivity contribution in [2.75, 3.05) is 6.61 Å². The summed E-state index contributed by atoms with van der Waals surface area (Å²) in [6, 6.07) is 0. The summed E-state index contributed by atoms with van der Waals surface area (Å²) in [5.74, 6) is -0.413. The molecule has 0 fully saturated rings. The minimum absolute atomic E-state index is 0.0936. The number of ether oxygens (including phenoxy) is 2. The van der Waals surface area contributed by atoms with E-state index >= 15 is 0 Å². The van der Waals surface area contributed by atoms with E-state index < -0.39 is 5.97 Å². The van der Waals surface area contributed by atoms with E-state index in [1.54, 1.807) is 0 Å². The normalized spacial score (nSPS) is 13.5. The average Bonchev–Trinajstić information content (AvgIpc) is 1.97. The number of hydrogen-bond donors (Lipinski definition) is 0. The van der Waals surface area contributed by atoms with Gasteiger partial charge in [0.1, 0.15) is 6.61 Å². The van der Waals surface area contributed by atoms with Gasteiger partial charge in [-0.15, -0.1) is 0 Å². The smallest absolute Gasteiger partial charge is 0.330 e. The van der Waals surface area contributed by atoms with E-state index in [-0.39, 0.29) is 18.3 Å². The van der Waals surface area contributed by atoms with E-state index in [4.69, 9.17) is 9.47 Å². The van der Waals surface area contributed by atoms with E-state index in [2.05, 4.69) is 6.58 Å². The second-order valence-electron chi connectivity index (χ2n) is 3.88. The van der Waals surface area contributed by atoms with Crippen LogP contribution in [0.2, 0.25) is 0 Å². The average molecular weight is 186 g/mol. The van der Waals surface area contributed by atoms with Crippen LogP contribution in [0.3, 0.4) is 0 Å². The van der Waals surface area contributed by atoms with Gasteiger partial charge in [-0.2, -0.15) is 0 Å². The Morgan fingerprint density at radius 1 is 1.54 bits per heavy atom. The predicted molar refractivity (Wildman–Crippen MR) is 51.5 cm³/mol. The lowest BCUT2D eigenvalue weighted by Crippen LogP contribution is -2.29. The van der Waals surface area contributed by atoms with Crippen LogP contribution in [-0.4, -0.2) is 24.3 Å². The third kappa shape index (κ3) is 7.53. The molecule has 0 aromatic heterocycles. The number of esters is 1. The Morgan fingerprint density at radius 2 is 2.08 bits per heavy atom. The minimum Gasteiger partial charge on any atom is -0.460 e. The maximum Gasteiger partial charge on any atom is 0.330 e. The van der Waals surface area contributed by atoms with Crippen molar-refractivity contribution in [2.24, 2.45) is 0 Å². The van der Waals surface area contributed by atoms with Crippen molar-refractivity contribution >= 4 is 5.97 Å². The molecule has 0 aliphatic rings. The van der Waals surface area contributed by atoms with Crippen LogP contribution in [0.5, 0.6) is 0 Å². The lowest BCUT2D eigenvalue weighted by Gasteiger charge is -2.24. The molecule has 0 spiro atoms. The molecule has 0 aromatic rings. The van der Waals surface area contributed by atoms with E-state index in [9.17, 15) is 4.79 Å². The van der Waals surface area contributed by atoms with Crippen LogP contribution in [0.1, 0.15) is 27.7 Å². The van der Waals surface area contributed by atoms with Gasteiger partial charge in [0.15, 0.2) is 0 Å². The van der Waals surface area contributed by atoms with Gasteiger partial charge >= 0.3 is 5.97 Å². The summed E-state index contributed by atoms with van der Waals surface area (Å²) < 4.78 is 10.3. The molecule has 1 atom stereocenters. The fourth-order valence-electron chi connectivity index (χ4n) is 0.896. The Hall–Kier alpha value is -0.830. The van der Waals surface area contributed by atoms with Crippen LogP contribution >= 0.6 is 0 Å². The Bertz CT molecular complexity index is 179. The number of carbonyl (C=O) groups is 1. The van der Waals surface area contributed by atoms with Crippen molar-refractivity contribution in [1.29, 1.82) is 0 Å². The second-order valence-corrected chi connectivity index (χ2v) is 3.88. The second kappa shape index (κ2) is 5.02. The van der Waals surface area contributed by atoms with Crippen molar-refractivity contribution in [2.45, 2.75) is 39.4 Å². The molecule has 0 saturated carbocycles. The summed E-state index contributed by atoms with van der Waals surface area (Å²) in [6.07, 6.45) is 1.05. The lowest BCUT2D eigenvalue weighted by atomic mass is 10.2. The highest BCUT2D eigenvalue weighted by Crippen LogP contribution is 2.10. The highest BCUT2D eigenvalue weighted by molar-refractivity contribution is 5.81. The first kappa shape index (κ1) is 12.2. The summed E-state index contributed by atoms with van der Waals surface area (Å²) in [4.78, 5) is 10.7. The fourth-order valence-corrected chi connectivity index (χ4v) is 0.896. The van der Waals surface area contributed by atoms with Gasteiger partial charge in [-0.1, -0.05) is 6.58 Å². The highest BCUT2D eigenvalue weighted by Gasteiger charge is 2.15. The quantitative estimate of drug-likeness (QED) is 0.497.